The standard InChI is InChI=1S/C24H13F5IN3O4/c1-11-15(24(34)32(31-11)23-21(28)19(26)18(25)20(27)22(23)29)8-13-4-7-17(16(30)9-13)37-10-12-2-5-14(6-3-12)33(35)36/h2-9H,10H2,1H3/b15-8+. The molecule has 0 atom stereocenters. The normalized spacial score (nSPS) is 14.4. The Kier molecular flexibility index (Phi) is 7.25. The molecule has 0 aromatic heterocycles. The topological polar surface area (TPSA) is 85.0 Å². The average Bonchev–Trinajstić information content (AvgIpc) is 3.14. The number of carbonyl (C=O) groups excluding carboxylic acids is 1. The summed E-state index contributed by atoms with van der Waals surface area (Å²) in [7, 11) is 0. The first-order valence-electron chi connectivity index (χ1n) is 10.3. The van der Waals surface area contributed by atoms with Crippen LogP contribution in [0.1, 0.15) is 18.1 Å². The van der Waals surface area contributed by atoms with Crippen LogP contribution in [0.2, 0.25) is 0 Å². The van der Waals surface area contributed by atoms with Gasteiger partial charge in [0.05, 0.1) is 19.8 Å². The molecule has 0 N–H and O–H groups in total. The molecule has 0 aliphatic carbocycles. The van der Waals surface area contributed by atoms with Crippen molar-refractivity contribution in [3.63, 3.8) is 0 Å². The summed E-state index contributed by atoms with van der Waals surface area (Å²) in [6.45, 7) is 1.48. The zero-order valence-corrected chi connectivity index (χ0v) is 20.7. The molecule has 0 unspecified atom stereocenters. The van der Waals surface area contributed by atoms with Crippen molar-refractivity contribution < 1.29 is 36.4 Å². The van der Waals surface area contributed by atoms with Crippen LogP contribution in [-0.4, -0.2) is 16.5 Å². The van der Waals surface area contributed by atoms with Crippen LogP contribution >= 0.6 is 22.6 Å². The van der Waals surface area contributed by atoms with Crippen molar-refractivity contribution in [1.29, 1.82) is 0 Å². The molecule has 3 aromatic rings. The van der Waals surface area contributed by atoms with Gasteiger partial charge in [0.15, 0.2) is 23.3 Å². The van der Waals surface area contributed by atoms with E-state index in [1.807, 2.05) is 22.6 Å². The highest BCUT2D eigenvalue weighted by Crippen LogP contribution is 2.34. The summed E-state index contributed by atoms with van der Waals surface area (Å²) in [5.41, 5.74) is -0.446. The molecule has 0 spiro atoms. The fourth-order valence-corrected chi connectivity index (χ4v) is 4.08. The lowest BCUT2D eigenvalue weighted by molar-refractivity contribution is -0.384. The minimum Gasteiger partial charge on any atom is -0.488 e. The molecule has 1 aliphatic rings. The maximum Gasteiger partial charge on any atom is 0.280 e. The highest BCUT2D eigenvalue weighted by atomic mass is 127. The van der Waals surface area contributed by atoms with Crippen LogP contribution in [0.4, 0.5) is 33.3 Å². The Bertz CT molecular complexity index is 1480. The van der Waals surface area contributed by atoms with Crippen LogP contribution in [0.15, 0.2) is 53.1 Å². The van der Waals surface area contributed by atoms with E-state index >= 15 is 0 Å². The average molecular weight is 629 g/mol. The number of hydrogen-bond acceptors (Lipinski definition) is 5. The second-order valence-corrected chi connectivity index (χ2v) is 8.84. The van der Waals surface area contributed by atoms with Gasteiger partial charge in [-0.1, -0.05) is 6.07 Å². The number of benzene rings is 3. The van der Waals surface area contributed by atoms with Crippen molar-refractivity contribution in [3.8, 4) is 5.75 Å². The highest BCUT2D eigenvalue weighted by Gasteiger charge is 2.37. The number of carbonyl (C=O) groups is 1. The molecule has 0 fully saturated rings. The smallest absolute Gasteiger partial charge is 0.280 e. The fraction of sp³-hybridized carbons (Fsp3) is 0.0833. The van der Waals surface area contributed by atoms with Crippen molar-refractivity contribution in [3.05, 3.63) is 102 Å². The van der Waals surface area contributed by atoms with Crippen molar-refractivity contribution in [2.24, 2.45) is 5.10 Å². The van der Waals surface area contributed by atoms with Crippen molar-refractivity contribution in [2.45, 2.75) is 13.5 Å². The lowest BCUT2D eigenvalue weighted by atomic mass is 10.1. The number of anilines is 1. The van der Waals surface area contributed by atoms with Crippen LogP contribution in [0.5, 0.6) is 5.75 Å². The summed E-state index contributed by atoms with van der Waals surface area (Å²) in [6, 6.07) is 10.7. The third-order valence-corrected chi connectivity index (χ3v) is 6.11. The van der Waals surface area contributed by atoms with Gasteiger partial charge in [-0.3, -0.25) is 14.9 Å². The van der Waals surface area contributed by atoms with Gasteiger partial charge < -0.3 is 4.74 Å². The summed E-state index contributed by atoms with van der Waals surface area (Å²) >= 11 is 1.98. The first-order chi connectivity index (χ1) is 17.5. The van der Waals surface area contributed by atoms with Crippen LogP contribution in [0, 0.1) is 42.8 Å². The molecule has 0 radical (unpaired) electrons. The maximum absolute atomic E-state index is 14.2. The van der Waals surface area contributed by atoms with Crippen LogP contribution < -0.4 is 9.75 Å². The van der Waals surface area contributed by atoms with E-state index in [-0.39, 0.29) is 28.6 Å². The minimum atomic E-state index is -2.34. The van der Waals surface area contributed by atoms with Gasteiger partial charge in [0, 0.05) is 12.1 Å². The molecule has 190 valence electrons. The predicted octanol–water partition coefficient (Wildman–Crippen LogP) is 6.28. The van der Waals surface area contributed by atoms with Crippen molar-refractivity contribution in [1.82, 2.24) is 0 Å². The summed E-state index contributed by atoms with van der Waals surface area (Å²) in [4.78, 5) is 23.1. The van der Waals surface area contributed by atoms with Gasteiger partial charge in [0.25, 0.3) is 11.6 Å². The molecule has 4 rings (SSSR count). The molecular weight excluding hydrogens is 616 g/mol. The predicted molar refractivity (Wildman–Crippen MR) is 131 cm³/mol. The molecule has 3 aromatic carbocycles. The van der Waals surface area contributed by atoms with E-state index in [9.17, 15) is 36.9 Å². The van der Waals surface area contributed by atoms with E-state index in [4.69, 9.17) is 4.74 Å². The number of ether oxygens (including phenoxy) is 1. The highest BCUT2D eigenvalue weighted by molar-refractivity contribution is 14.1. The Morgan fingerprint density at radius 3 is 2.16 bits per heavy atom. The Morgan fingerprint density at radius 2 is 1.59 bits per heavy atom. The first-order valence-corrected chi connectivity index (χ1v) is 11.4. The molecule has 0 saturated carbocycles. The Hall–Kier alpha value is -3.88. The van der Waals surface area contributed by atoms with Gasteiger partial charge in [0.2, 0.25) is 5.82 Å². The van der Waals surface area contributed by atoms with E-state index in [1.165, 1.54) is 25.1 Å². The third kappa shape index (κ3) is 5.03. The number of non-ortho nitro benzene ring substituents is 1. The Balaban J connectivity index is 1.55. The lowest BCUT2D eigenvalue weighted by Gasteiger charge is -2.15. The number of halogens is 6. The van der Waals surface area contributed by atoms with Crippen LogP contribution in [0.3, 0.4) is 0 Å². The molecule has 1 heterocycles. The van der Waals surface area contributed by atoms with E-state index in [0.717, 1.165) is 0 Å². The van der Waals surface area contributed by atoms with E-state index < -0.39 is 45.6 Å². The van der Waals surface area contributed by atoms with Crippen molar-refractivity contribution >= 4 is 51.7 Å². The van der Waals surface area contributed by atoms with Gasteiger partial charge in [-0.05, 0) is 71.0 Å². The number of amides is 1. The van der Waals surface area contributed by atoms with E-state index in [1.54, 1.807) is 30.3 Å². The second-order valence-electron chi connectivity index (χ2n) is 7.68. The summed E-state index contributed by atoms with van der Waals surface area (Å²) in [5, 5.41) is 14.6. The Labute approximate surface area is 219 Å². The van der Waals surface area contributed by atoms with Gasteiger partial charge in [-0.15, -0.1) is 0 Å². The van der Waals surface area contributed by atoms with E-state index in [2.05, 4.69) is 5.10 Å². The molecule has 13 heteroatoms. The van der Waals surface area contributed by atoms with Gasteiger partial charge in [-0.25, -0.2) is 22.0 Å². The maximum atomic E-state index is 14.2. The van der Waals surface area contributed by atoms with E-state index in [0.29, 0.717) is 20.4 Å². The van der Waals surface area contributed by atoms with Crippen LogP contribution in [0.25, 0.3) is 6.08 Å². The summed E-state index contributed by atoms with van der Waals surface area (Å²) in [5.74, 6) is -11.7. The molecule has 1 aliphatic heterocycles. The number of hydrazone groups is 1. The molecule has 0 bridgehead atoms. The minimum absolute atomic E-state index is 0.00227. The van der Waals surface area contributed by atoms with Gasteiger partial charge in [0.1, 0.15) is 18.0 Å². The van der Waals surface area contributed by atoms with Crippen molar-refractivity contribution in [2.75, 3.05) is 5.01 Å². The number of nitro groups is 1. The lowest BCUT2D eigenvalue weighted by Crippen LogP contribution is -2.25. The van der Waals surface area contributed by atoms with Gasteiger partial charge in [-0.2, -0.15) is 10.1 Å². The molecule has 37 heavy (non-hydrogen) atoms. The second kappa shape index (κ2) is 10.2. The fourth-order valence-electron chi connectivity index (χ4n) is 3.38. The quantitative estimate of drug-likeness (QED) is 0.0612. The molecular formula is C24H13F5IN3O4. The number of nitrogens with zero attached hydrogens (tertiary/aromatic N) is 3. The number of nitro benzene ring substituents is 1. The molecule has 7 nitrogen and oxygen atoms in total. The van der Waals surface area contributed by atoms with Crippen LogP contribution in [-0.2, 0) is 11.4 Å². The number of rotatable bonds is 6. The largest absolute Gasteiger partial charge is 0.488 e. The first kappa shape index (κ1) is 26.2. The monoisotopic (exact) mass is 629 g/mol. The zero-order valence-electron chi connectivity index (χ0n) is 18.6. The Morgan fingerprint density at radius 1 is 1.00 bits per heavy atom. The number of hydrogen-bond donors (Lipinski definition) is 0. The zero-order chi connectivity index (χ0) is 27.0. The van der Waals surface area contributed by atoms with Gasteiger partial charge >= 0.3 is 0 Å². The third-order valence-electron chi connectivity index (χ3n) is 5.27. The SMILES string of the molecule is CC1=NN(c2c(F)c(F)c(F)c(F)c2F)C(=O)/C1=C/c1ccc(OCc2ccc([N+](=O)[O-])cc2)c(I)c1. The summed E-state index contributed by atoms with van der Waals surface area (Å²) in [6.07, 6.45) is 1.36. The molecule has 1 amide bonds. The summed E-state index contributed by atoms with van der Waals surface area (Å²) < 4.78 is 75.4. The molecule has 0 saturated heterocycles.